The minimum atomic E-state index is -2.07. The maximum atomic E-state index is 13.4. The van der Waals surface area contributed by atoms with Crippen LogP contribution in [0.1, 0.15) is 17.0 Å². The van der Waals surface area contributed by atoms with Crippen LogP contribution in [0.5, 0.6) is 0 Å². The molecular formula is C25H29N3O9. The van der Waals surface area contributed by atoms with Crippen molar-refractivity contribution in [2.45, 2.75) is 12.3 Å². The zero-order valence-corrected chi connectivity index (χ0v) is 20.4. The van der Waals surface area contributed by atoms with Gasteiger partial charge in [-0.15, -0.1) is 0 Å². The number of hydrogen-bond acceptors (Lipinski definition) is 7. The van der Waals surface area contributed by atoms with E-state index in [0.29, 0.717) is 5.91 Å². The molecule has 2 atom stereocenters. The standard InChI is InChI=1S/C21H25N3O.2C2H2O4/c1-22-11-13-24(14-12-22)21(25)18-15-16-7-3-5-9-19(16)23(2)20-10-6-4-8-17(18)20;2*3-1(4)2(5)6/h3-10,18H,11-15H2,1-2H3;2*(H,3,4)(H,5,6). The molecule has 0 aromatic heterocycles. The maximum Gasteiger partial charge on any atom is 0.351 e. The fraction of sp³-hybridized carbons (Fsp3) is 0.320. The van der Waals surface area contributed by atoms with Crippen LogP contribution in [0.25, 0.3) is 0 Å². The molecule has 0 bridgehead atoms. The minimum Gasteiger partial charge on any atom is -0.539 e. The number of para-hydroxylation sites is 2. The monoisotopic (exact) mass is 515 g/mol. The summed E-state index contributed by atoms with van der Waals surface area (Å²) in [5.74, 6) is -7.80. The van der Waals surface area contributed by atoms with Crippen molar-refractivity contribution in [2.75, 3.05) is 40.3 Å². The van der Waals surface area contributed by atoms with E-state index in [1.54, 1.807) is 0 Å². The quantitative estimate of drug-likeness (QED) is 0.274. The Bertz CT molecular complexity index is 1110. The first-order valence-electron chi connectivity index (χ1n) is 11.4. The number of carboxylic acids is 4. The molecule has 198 valence electrons. The fourth-order valence-electron chi connectivity index (χ4n) is 4.23. The third-order valence-electron chi connectivity index (χ3n) is 6.16. The van der Waals surface area contributed by atoms with Crippen LogP contribution in [-0.2, 0) is 30.4 Å². The van der Waals surface area contributed by atoms with Crippen LogP contribution in [0.4, 0.5) is 11.4 Å². The van der Waals surface area contributed by atoms with Gasteiger partial charge in [-0.1, -0.05) is 36.4 Å². The first kappa shape index (κ1) is 28.9. The van der Waals surface area contributed by atoms with Crippen LogP contribution in [0.3, 0.4) is 0 Å². The van der Waals surface area contributed by atoms with Gasteiger partial charge in [0, 0.05) is 11.1 Å². The highest BCUT2D eigenvalue weighted by Gasteiger charge is 2.36. The summed E-state index contributed by atoms with van der Waals surface area (Å²) in [4.78, 5) is 54.3. The van der Waals surface area contributed by atoms with E-state index in [2.05, 4.69) is 67.5 Å². The van der Waals surface area contributed by atoms with Crippen LogP contribution in [-0.4, -0.2) is 85.2 Å². The van der Waals surface area contributed by atoms with Gasteiger partial charge in [-0.25, -0.2) is 9.59 Å². The average Bonchev–Trinajstić information content (AvgIpc) is 2.99. The molecule has 12 nitrogen and oxygen atoms in total. The van der Waals surface area contributed by atoms with Gasteiger partial charge in [-0.05, 0) is 18.6 Å². The second-order valence-corrected chi connectivity index (χ2v) is 8.59. The highest BCUT2D eigenvalue weighted by Crippen LogP contribution is 2.33. The third kappa shape index (κ3) is 7.85. The minimum absolute atomic E-state index is 0.0757. The summed E-state index contributed by atoms with van der Waals surface area (Å²) in [7, 11) is 4.39. The van der Waals surface area contributed by atoms with Crippen LogP contribution in [0.2, 0.25) is 0 Å². The van der Waals surface area contributed by atoms with Crippen molar-refractivity contribution in [1.29, 1.82) is 0 Å². The summed E-state index contributed by atoms with van der Waals surface area (Å²) in [6.45, 7) is 3.82. The fourth-order valence-corrected chi connectivity index (χ4v) is 4.23. The molecule has 1 saturated heterocycles. The van der Waals surface area contributed by atoms with Crippen LogP contribution in [0.15, 0.2) is 48.5 Å². The molecule has 12 heteroatoms. The second-order valence-electron chi connectivity index (χ2n) is 8.59. The number of nitrogens with one attached hydrogen (secondary N) is 2. The summed E-state index contributed by atoms with van der Waals surface area (Å²) in [6.07, 6.45) is 0.794. The Kier molecular flexibility index (Phi) is 10.3. The number of amides is 1. The lowest BCUT2D eigenvalue weighted by molar-refractivity contribution is -0.883. The molecule has 4 rings (SSSR count). The number of likely N-dealkylation sites (N-methyl/N-ethyl adjacent to an activating group) is 1. The predicted octanol–water partition coefficient (Wildman–Crippen LogP) is -4.20. The van der Waals surface area contributed by atoms with E-state index in [4.69, 9.17) is 39.6 Å². The van der Waals surface area contributed by atoms with Crippen molar-refractivity contribution in [3.05, 3.63) is 59.7 Å². The molecule has 2 aromatic carbocycles. The van der Waals surface area contributed by atoms with Gasteiger partial charge in [0.15, 0.2) is 11.9 Å². The highest BCUT2D eigenvalue weighted by molar-refractivity contribution is 6.26. The van der Waals surface area contributed by atoms with Crippen molar-refractivity contribution < 1.29 is 54.2 Å². The second kappa shape index (κ2) is 13.1. The van der Waals surface area contributed by atoms with Gasteiger partial charge in [-0.2, -0.15) is 0 Å². The lowest BCUT2D eigenvalue weighted by Gasteiger charge is -2.32. The topological polar surface area (TPSA) is 184 Å². The number of rotatable bonds is 1. The van der Waals surface area contributed by atoms with E-state index >= 15 is 0 Å². The largest absolute Gasteiger partial charge is 0.539 e. The van der Waals surface area contributed by atoms with Gasteiger partial charge in [0.05, 0.1) is 46.2 Å². The zero-order valence-electron chi connectivity index (χ0n) is 20.4. The zero-order chi connectivity index (χ0) is 27.7. The molecular weight excluding hydrogens is 486 g/mol. The van der Waals surface area contributed by atoms with Crippen LogP contribution < -0.4 is 20.0 Å². The molecule has 2 aromatic rings. The maximum absolute atomic E-state index is 13.4. The molecule has 0 aliphatic carbocycles. The van der Waals surface area contributed by atoms with Gasteiger partial charge in [0.2, 0.25) is 5.91 Å². The number of carbonyl (C=O) groups excluding carboxylic acids is 3. The SMILES string of the molecule is C[NH+]1CCN(C(=O)C2Cc3ccccc3[NH+](C)c3ccccc32)CC1.O=C([O-])C(=O)O.O=C([O-])C(=O)O. The number of nitrogens with zero attached hydrogens (tertiary/aromatic N) is 1. The van der Waals surface area contributed by atoms with Crippen LogP contribution in [0, 0.1) is 0 Å². The molecule has 2 aliphatic heterocycles. The summed E-state index contributed by atoms with van der Waals surface area (Å²) >= 11 is 0. The van der Waals surface area contributed by atoms with Gasteiger partial charge < -0.3 is 39.8 Å². The number of piperazine rings is 1. The molecule has 0 radical (unpaired) electrons. The third-order valence-corrected chi connectivity index (χ3v) is 6.16. The van der Waals surface area contributed by atoms with E-state index in [1.165, 1.54) is 32.3 Å². The Hall–Kier alpha value is -4.29. The number of hydrogen-bond donors (Lipinski definition) is 4. The van der Waals surface area contributed by atoms with Crippen molar-refractivity contribution in [3.63, 3.8) is 0 Å². The summed E-state index contributed by atoms with van der Waals surface area (Å²) in [5, 5.41) is 32.6. The molecule has 0 spiro atoms. The number of carboxylic acid groups (broad SMARTS) is 4. The number of fused-ring (bicyclic) bond motifs is 2. The van der Waals surface area contributed by atoms with Gasteiger partial charge in [-0.3, -0.25) is 9.69 Å². The molecule has 2 heterocycles. The Morgan fingerprint density at radius 3 is 1.78 bits per heavy atom. The van der Waals surface area contributed by atoms with E-state index < -0.39 is 23.9 Å². The Balaban J connectivity index is 0.000000336. The average molecular weight is 516 g/mol. The Morgan fingerprint density at radius 1 is 0.811 bits per heavy atom. The number of quaternary nitrogens is 2. The Morgan fingerprint density at radius 2 is 1.27 bits per heavy atom. The lowest BCUT2D eigenvalue weighted by atomic mass is 9.90. The normalized spacial score (nSPS) is 18.3. The first-order chi connectivity index (χ1) is 17.4. The number of benzene rings is 2. The molecule has 4 N–H and O–H groups in total. The van der Waals surface area contributed by atoms with E-state index in [0.717, 1.165) is 32.6 Å². The van der Waals surface area contributed by atoms with Crippen molar-refractivity contribution in [2.24, 2.45) is 0 Å². The number of carbonyl (C=O) groups is 5. The molecule has 1 amide bonds. The molecule has 37 heavy (non-hydrogen) atoms. The first-order valence-corrected chi connectivity index (χ1v) is 11.4. The lowest BCUT2D eigenvalue weighted by Crippen LogP contribution is -3.12. The Labute approximate surface area is 212 Å². The van der Waals surface area contributed by atoms with Gasteiger partial charge >= 0.3 is 11.9 Å². The molecule has 0 saturated carbocycles. The van der Waals surface area contributed by atoms with Gasteiger partial charge in [0.1, 0.15) is 11.4 Å². The van der Waals surface area contributed by atoms with Crippen molar-refractivity contribution >= 4 is 41.2 Å². The smallest absolute Gasteiger partial charge is 0.351 e. The van der Waals surface area contributed by atoms with E-state index in [-0.39, 0.29) is 5.92 Å². The van der Waals surface area contributed by atoms with Crippen molar-refractivity contribution in [3.8, 4) is 0 Å². The number of aliphatic carboxylic acids is 4. The van der Waals surface area contributed by atoms with E-state index in [9.17, 15) is 4.79 Å². The van der Waals surface area contributed by atoms with Gasteiger partial charge in [0.25, 0.3) is 0 Å². The predicted molar refractivity (Wildman–Crippen MR) is 124 cm³/mol. The molecule has 1 fully saturated rings. The summed E-state index contributed by atoms with van der Waals surface area (Å²) in [6, 6.07) is 17.0. The van der Waals surface area contributed by atoms with E-state index in [1.807, 2.05) is 0 Å². The summed E-state index contributed by atoms with van der Waals surface area (Å²) in [5.41, 5.74) is 4.99. The molecule has 2 unspecified atom stereocenters. The van der Waals surface area contributed by atoms with Crippen molar-refractivity contribution in [1.82, 2.24) is 4.90 Å². The highest BCUT2D eigenvalue weighted by atomic mass is 16.4. The molecule has 2 aliphatic rings. The van der Waals surface area contributed by atoms with Crippen LogP contribution >= 0.6 is 0 Å². The summed E-state index contributed by atoms with van der Waals surface area (Å²) < 4.78 is 0.